The number of amides is 2. The molecule has 31 heavy (non-hydrogen) atoms. The van der Waals surface area contributed by atoms with Crippen molar-refractivity contribution in [3.8, 4) is 0 Å². The number of aromatic nitrogens is 3. The lowest BCUT2D eigenvalue weighted by Crippen LogP contribution is -2.57. The van der Waals surface area contributed by atoms with Crippen LogP contribution in [0.25, 0.3) is 0 Å². The summed E-state index contributed by atoms with van der Waals surface area (Å²) in [6.07, 6.45) is 10.8. The first-order valence-corrected chi connectivity index (χ1v) is 10.2. The maximum absolute atomic E-state index is 13.6. The molecule has 0 spiro atoms. The average molecular weight is 418 g/mol. The molecule has 0 bridgehead atoms. The summed E-state index contributed by atoms with van der Waals surface area (Å²) in [7, 11) is 0. The zero-order chi connectivity index (χ0) is 22.1. The Bertz CT molecular complexity index is 989. The third-order valence-electron chi connectivity index (χ3n) is 5.25. The second-order valence-electron chi connectivity index (χ2n) is 7.28. The highest BCUT2D eigenvalue weighted by atomic mass is 16.2. The topological polar surface area (TPSA) is 80.1 Å². The molecule has 0 aliphatic heterocycles. The van der Waals surface area contributed by atoms with Crippen molar-refractivity contribution in [2.24, 2.45) is 0 Å². The minimum absolute atomic E-state index is 0.229. The maximum atomic E-state index is 13.6. The Morgan fingerprint density at radius 1 is 1.13 bits per heavy atom. The van der Waals surface area contributed by atoms with E-state index in [-0.39, 0.29) is 11.8 Å². The zero-order valence-electron chi connectivity index (χ0n) is 17.6. The van der Waals surface area contributed by atoms with Crippen molar-refractivity contribution in [1.29, 1.82) is 0 Å². The van der Waals surface area contributed by atoms with E-state index in [1.165, 1.54) is 0 Å². The number of hydrogen-bond donors (Lipinski definition) is 1. The van der Waals surface area contributed by atoms with E-state index in [9.17, 15) is 9.59 Å². The van der Waals surface area contributed by atoms with Gasteiger partial charge in [-0.1, -0.05) is 36.4 Å². The lowest BCUT2D eigenvalue weighted by Gasteiger charge is -2.40. The molecule has 1 N–H and O–H groups in total. The van der Waals surface area contributed by atoms with E-state index in [4.69, 9.17) is 0 Å². The number of imidazole rings is 1. The largest absolute Gasteiger partial charge is 0.350 e. The average Bonchev–Trinajstić information content (AvgIpc) is 3.34. The maximum Gasteiger partial charge on any atom is 0.255 e. The summed E-state index contributed by atoms with van der Waals surface area (Å²) in [6.45, 7) is 6.85. The minimum Gasteiger partial charge on any atom is -0.350 e. The van der Waals surface area contributed by atoms with Crippen molar-refractivity contribution in [1.82, 2.24) is 24.8 Å². The smallest absolute Gasteiger partial charge is 0.255 e. The van der Waals surface area contributed by atoms with Crippen LogP contribution in [-0.4, -0.2) is 44.3 Å². The number of carbonyl (C=O) groups excluding carboxylic acids is 2. The highest BCUT2D eigenvalue weighted by molar-refractivity contribution is 5.99. The summed E-state index contributed by atoms with van der Waals surface area (Å²) in [5.74, 6) is -0.489. The Labute approximate surface area is 182 Å². The molecule has 1 unspecified atom stereocenters. The molecule has 7 nitrogen and oxygen atoms in total. The number of nitrogens with zero attached hydrogens (tertiary/aromatic N) is 4. The Balaban J connectivity index is 1.99. The van der Waals surface area contributed by atoms with Crippen LogP contribution < -0.4 is 5.32 Å². The molecule has 0 saturated carbocycles. The van der Waals surface area contributed by atoms with Gasteiger partial charge in [0, 0.05) is 50.0 Å². The summed E-state index contributed by atoms with van der Waals surface area (Å²) < 4.78 is 1.95. The van der Waals surface area contributed by atoms with Gasteiger partial charge in [0.2, 0.25) is 0 Å². The summed E-state index contributed by atoms with van der Waals surface area (Å²) in [4.78, 5) is 36.7. The first-order valence-electron chi connectivity index (χ1n) is 10.2. The molecular formula is C24H27N5O2. The SMILES string of the molecule is C=CCNC(=O)C(C)(c1ccccc1)N(CCCn1ccnc1)C(=O)c1ccncc1. The number of pyridine rings is 1. The quantitative estimate of drug-likeness (QED) is 0.514. The standard InChI is InChI=1S/C24H27N5O2/c1-3-12-27-23(31)24(2,21-8-5-4-6-9-21)29(17-7-16-28-18-15-26-19-28)22(30)20-10-13-25-14-11-20/h3-6,8-11,13-15,18-19H,1,7,12,16-17H2,2H3,(H,27,31). The van der Waals surface area contributed by atoms with Gasteiger partial charge in [0.05, 0.1) is 6.33 Å². The molecule has 1 atom stereocenters. The fraction of sp³-hybridized carbons (Fsp3) is 0.250. The summed E-state index contributed by atoms with van der Waals surface area (Å²) in [5.41, 5.74) is 0.0115. The lowest BCUT2D eigenvalue weighted by atomic mass is 9.87. The normalized spacial score (nSPS) is 12.5. The van der Waals surface area contributed by atoms with Crippen LogP contribution in [0.3, 0.4) is 0 Å². The van der Waals surface area contributed by atoms with Gasteiger partial charge >= 0.3 is 0 Å². The Kier molecular flexibility index (Phi) is 7.32. The summed E-state index contributed by atoms with van der Waals surface area (Å²) in [6, 6.07) is 12.7. The molecule has 2 aromatic heterocycles. The number of nitrogens with one attached hydrogen (secondary N) is 1. The molecule has 3 rings (SSSR count). The third kappa shape index (κ3) is 5.06. The van der Waals surface area contributed by atoms with Crippen molar-refractivity contribution < 1.29 is 9.59 Å². The molecule has 1 aromatic carbocycles. The van der Waals surface area contributed by atoms with E-state index < -0.39 is 5.54 Å². The number of hydrogen-bond acceptors (Lipinski definition) is 4. The van der Waals surface area contributed by atoms with Gasteiger partial charge in [-0.15, -0.1) is 6.58 Å². The van der Waals surface area contributed by atoms with Gasteiger partial charge in [0.15, 0.2) is 0 Å². The van der Waals surface area contributed by atoms with Crippen molar-refractivity contribution in [2.75, 3.05) is 13.1 Å². The monoisotopic (exact) mass is 417 g/mol. The van der Waals surface area contributed by atoms with E-state index in [0.717, 1.165) is 5.56 Å². The van der Waals surface area contributed by atoms with Crippen LogP contribution in [0, 0.1) is 0 Å². The molecule has 2 heterocycles. The van der Waals surface area contributed by atoms with E-state index in [0.29, 0.717) is 31.6 Å². The fourth-order valence-corrected chi connectivity index (χ4v) is 3.52. The molecule has 0 radical (unpaired) electrons. The van der Waals surface area contributed by atoms with Gasteiger partial charge in [0.25, 0.3) is 11.8 Å². The molecule has 0 saturated heterocycles. The minimum atomic E-state index is -1.21. The first-order chi connectivity index (χ1) is 15.1. The first kappa shape index (κ1) is 22.0. The number of benzene rings is 1. The second-order valence-corrected chi connectivity index (χ2v) is 7.28. The molecule has 3 aromatic rings. The molecule has 0 fully saturated rings. The van der Waals surface area contributed by atoms with Crippen LogP contribution in [-0.2, 0) is 16.9 Å². The van der Waals surface area contributed by atoms with E-state index >= 15 is 0 Å². The van der Waals surface area contributed by atoms with Gasteiger partial charge in [-0.3, -0.25) is 14.6 Å². The van der Waals surface area contributed by atoms with Gasteiger partial charge < -0.3 is 14.8 Å². The Hall–Kier alpha value is -3.74. The van der Waals surface area contributed by atoms with Crippen molar-refractivity contribution in [2.45, 2.75) is 25.4 Å². The van der Waals surface area contributed by atoms with Crippen LogP contribution in [0.4, 0.5) is 0 Å². The molecule has 0 aliphatic rings. The van der Waals surface area contributed by atoms with Gasteiger partial charge in [-0.2, -0.15) is 0 Å². The zero-order valence-corrected chi connectivity index (χ0v) is 17.6. The van der Waals surface area contributed by atoms with E-state index in [1.54, 1.807) is 55.0 Å². The number of aryl methyl sites for hydroxylation is 1. The highest BCUT2D eigenvalue weighted by Gasteiger charge is 2.43. The summed E-state index contributed by atoms with van der Waals surface area (Å²) in [5, 5.41) is 2.88. The second kappa shape index (κ2) is 10.3. The fourth-order valence-electron chi connectivity index (χ4n) is 3.52. The lowest BCUT2D eigenvalue weighted by molar-refractivity contribution is -0.131. The molecule has 160 valence electrons. The molecule has 7 heteroatoms. The molecular weight excluding hydrogens is 390 g/mol. The Morgan fingerprint density at radius 3 is 2.52 bits per heavy atom. The van der Waals surface area contributed by atoms with Crippen molar-refractivity contribution in [3.63, 3.8) is 0 Å². The van der Waals surface area contributed by atoms with Gasteiger partial charge in [0.1, 0.15) is 5.54 Å². The third-order valence-corrected chi connectivity index (χ3v) is 5.25. The Morgan fingerprint density at radius 2 is 1.87 bits per heavy atom. The predicted molar refractivity (Wildman–Crippen MR) is 119 cm³/mol. The van der Waals surface area contributed by atoms with Crippen LogP contribution in [0.5, 0.6) is 0 Å². The summed E-state index contributed by atoms with van der Waals surface area (Å²) >= 11 is 0. The molecule has 0 aliphatic carbocycles. The highest BCUT2D eigenvalue weighted by Crippen LogP contribution is 2.31. The van der Waals surface area contributed by atoms with Crippen LogP contribution in [0.1, 0.15) is 29.3 Å². The van der Waals surface area contributed by atoms with E-state index in [1.807, 2.05) is 41.1 Å². The number of carbonyl (C=O) groups is 2. The van der Waals surface area contributed by atoms with Gasteiger partial charge in [-0.05, 0) is 31.0 Å². The van der Waals surface area contributed by atoms with Crippen LogP contribution in [0.2, 0.25) is 0 Å². The van der Waals surface area contributed by atoms with Crippen LogP contribution >= 0.6 is 0 Å². The van der Waals surface area contributed by atoms with E-state index in [2.05, 4.69) is 21.9 Å². The van der Waals surface area contributed by atoms with Crippen LogP contribution in [0.15, 0.2) is 86.2 Å². The van der Waals surface area contributed by atoms with Crippen molar-refractivity contribution in [3.05, 3.63) is 97.4 Å². The number of rotatable bonds is 10. The van der Waals surface area contributed by atoms with Crippen molar-refractivity contribution >= 4 is 11.8 Å². The predicted octanol–water partition coefficient (Wildman–Crippen LogP) is 3.03. The molecule has 2 amide bonds. The van der Waals surface area contributed by atoms with Gasteiger partial charge in [-0.25, -0.2) is 4.98 Å².